The topological polar surface area (TPSA) is 50.2 Å². The van der Waals surface area contributed by atoms with Gasteiger partial charge in [-0.2, -0.15) is 0 Å². The van der Waals surface area contributed by atoms with E-state index in [1.165, 1.54) is 5.56 Å². The van der Waals surface area contributed by atoms with Gasteiger partial charge in [-0.15, -0.1) is 12.4 Å². The summed E-state index contributed by atoms with van der Waals surface area (Å²) in [6.07, 6.45) is 6.10. The molecule has 0 saturated heterocycles. The van der Waals surface area contributed by atoms with Crippen LogP contribution in [0.4, 0.5) is 0 Å². The summed E-state index contributed by atoms with van der Waals surface area (Å²) in [5.74, 6) is -0.889. The minimum Gasteiger partial charge on any atom is -0.478 e. The van der Waals surface area contributed by atoms with Crippen molar-refractivity contribution in [3.8, 4) is 0 Å². The Morgan fingerprint density at radius 2 is 1.90 bits per heavy atom. The monoisotopic (exact) mass is 289 g/mol. The number of aromatic nitrogens is 1. The maximum absolute atomic E-state index is 10.7. The molecule has 0 saturated carbocycles. The van der Waals surface area contributed by atoms with E-state index in [4.69, 9.17) is 5.11 Å². The van der Waals surface area contributed by atoms with E-state index in [9.17, 15) is 4.79 Å². The predicted molar refractivity (Wildman–Crippen MR) is 82.0 cm³/mol. The number of benzene rings is 1. The zero-order chi connectivity index (χ0) is 13.7. The van der Waals surface area contributed by atoms with Gasteiger partial charge in [-0.3, -0.25) is 4.98 Å². The van der Waals surface area contributed by atoms with Crippen molar-refractivity contribution in [1.82, 2.24) is 4.98 Å². The van der Waals surface area contributed by atoms with Gasteiger partial charge in [0.05, 0.1) is 0 Å². The number of hydrogen-bond acceptors (Lipinski definition) is 2. The maximum atomic E-state index is 10.7. The Bertz CT molecular complexity index is 592. The summed E-state index contributed by atoms with van der Waals surface area (Å²) in [5, 5.41) is 8.82. The molecular formula is C16H16ClNO2. The number of pyridine rings is 1. The van der Waals surface area contributed by atoms with E-state index in [-0.39, 0.29) is 12.4 Å². The molecule has 2 aromatic rings. The molecule has 0 amide bonds. The SMILES string of the molecule is C/C(=C/c1ccc(Cc2cccnc2)cc1)C(=O)O.Cl. The van der Waals surface area contributed by atoms with Crippen molar-refractivity contribution < 1.29 is 9.90 Å². The third-order valence-electron chi connectivity index (χ3n) is 2.83. The molecule has 104 valence electrons. The highest BCUT2D eigenvalue weighted by Crippen LogP contribution is 2.12. The lowest BCUT2D eigenvalue weighted by Crippen LogP contribution is -1.95. The average molecular weight is 290 g/mol. The van der Waals surface area contributed by atoms with E-state index >= 15 is 0 Å². The van der Waals surface area contributed by atoms with E-state index in [0.717, 1.165) is 17.5 Å². The second-order valence-electron chi connectivity index (χ2n) is 4.41. The smallest absolute Gasteiger partial charge is 0.331 e. The number of aliphatic carboxylic acids is 1. The molecule has 1 N–H and O–H groups in total. The fraction of sp³-hybridized carbons (Fsp3) is 0.125. The Labute approximate surface area is 124 Å². The number of nitrogens with zero attached hydrogens (tertiary/aromatic N) is 1. The third kappa shape index (κ3) is 4.52. The van der Waals surface area contributed by atoms with Crippen LogP contribution in [0.5, 0.6) is 0 Å². The molecular weight excluding hydrogens is 274 g/mol. The van der Waals surface area contributed by atoms with Crippen molar-refractivity contribution in [2.45, 2.75) is 13.3 Å². The molecule has 20 heavy (non-hydrogen) atoms. The van der Waals surface area contributed by atoms with E-state index in [1.54, 1.807) is 19.2 Å². The van der Waals surface area contributed by atoms with Gasteiger partial charge in [-0.05, 0) is 42.2 Å². The fourth-order valence-electron chi connectivity index (χ4n) is 1.78. The molecule has 0 atom stereocenters. The molecule has 0 aliphatic rings. The van der Waals surface area contributed by atoms with Gasteiger partial charge in [0.2, 0.25) is 0 Å². The summed E-state index contributed by atoms with van der Waals surface area (Å²) >= 11 is 0. The van der Waals surface area contributed by atoms with Crippen LogP contribution in [0.1, 0.15) is 23.6 Å². The number of halogens is 1. The van der Waals surface area contributed by atoms with Crippen LogP contribution < -0.4 is 0 Å². The molecule has 0 aliphatic carbocycles. The highest BCUT2D eigenvalue weighted by molar-refractivity contribution is 5.91. The van der Waals surface area contributed by atoms with Crippen molar-refractivity contribution in [3.63, 3.8) is 0 Å². The van der Waals surface area contributed by atoms with Crippen LogP contribution in [0.15, 0.2) is 54.4 Å². The van der Waals surface area contributed by atoms with Crippen molar-refractivity contribution in [3.05, 3.63) is 71.1 Å². The standard InChI is InChI=1S/C16H15NO2.ClH/c1-12(16(18)19)9-13-4-6-14(7-5-13)10-15-3-2-8-17-11-15;/h2-9,11H,10H2,1H3,(H,18,19);1H/b12-9-;. The van der Waals surface area contributed by atoms with E-state index in [2.05, 4.69) is 4.98 Å². The molecule has 1 aromatic carbocycles. The number of carboxylic acids is 1. The number of carbonyl (C=O) groups is 1. The molecule has 0 fully saturated rings. The molecule has 3 nitrogen and oxygen atoms in total. The minimum atomic E-state index is -0.889. The van der Waals surface area contributed by atoms with E-state index in [0.29, 0.717) is 5.57 Å². The quantitative estimate of drug-likeness (QED) is 0.875. The van der Waals surface area contributed by atoms with E-state index in [1.807, 2.05) is 42.6 Å². The molecule has 2 rings (SSSR count). The first-order valence-corrected chi connectivity index (χ1v) is 6.04. The minimum absolute atomic E-state index is 0. The summed E-state index contributed by atoms with van der Waals surface area (Å²) in [7, 11) is 0. The summed E-state index contributed by atoms with van der Waals surface area (Å²) < 4.78 is 0. The highest BCUT2D eigenvalue weighted by Gasteiger charge is 2.00. The zero-order valence-electron chi connectivity index (χ0n) is 11.1. The Hall–Kier alpha value is -2.13. The lowest BCUT2D eigenvalue weighted by atomic mass is 10.0. The fourth-order valence-corrected chi connectivity index (χ4v) is 1.78. The van der Waals surface area contributed by atoms with Gasteiger partial charge in [0.25, 0.3) is 0 Å². The van der Waals surface area contributed by atoms with Crippen molar-refractivity contribution in [1.29, 1.82) is 0 Å². The number of carboxylic acid groups (broad SMARTS) is 1. The molecule has 1 heterocycles. The zero-order valence-corrected chi connectivity index (χ0v) is 11.9. The molecule has 0 bridgehead atoms. The second kappa shape index (κ2) is 7.46. The van der Waals surface area contributed by atoms with Crippen molar-refractivity contribution in [2.24, 2.45) is 0 Å². The first kappa shape index (κ1) is 15.9. The van der Waals surface area contributed by atoms with Crippen LogP contribution in [0.25, 0.3) is 6.08 Å². The molecule has 0 spiro atoms. The van der Waals surface area contributed by atoms with Gasteiger partial charge in [0.1, 0.15) is 0 Å². The van der Waals surface area contributed by atoms with Crippen molar-refractivity contribution >= 4 is 24.5 Å². The lowest BCUT2D eigenvalue weighted by Gasteiger charge is -2.02. The maximum Gasteiger partial charge on any atom is 0.331 e. The Morgan fingerprint density at radius 3 is 2.45 bits per heavy atom. The van der Waals surface area contributed by atoms with Crippen LogP contribution in [-0.4, -0.2) is 16.1 Å². The molecule has 0 unspecified atom stereocenters. The molecule has 4 heteroatoms. The van der Waals surface area contributed by atoms with Gasteiger partial charge in [-0.1, -0.05) is 30.3 Å². The molecule has 0 radical (unpaired) electrons. The van der Waals surface area contributed by atoms with Crippen LogP contribution in [0, 0.1) is 0 Å². The summed E-state index contributed by atoms with van der Waals surface area (Å²) in [6.45, 7) is 1.59. The predicted octanol–water partition coefficient (Wildman–Crippen LogP) is 3.58. The first-order valence-electron chi connectivity index (χ1n) is 6.04. The van der Waals surface area contributed by atoms with Gasteiger partial charge >= 0.3 is 5.97 Å². The Morgan fingerprint density at radius 1 is 1.20 bits per heavy atom. The highest BCUT2D eigenvalue weighted by atomic mass is 35.5. The third-order valence-corrected chi connectivity index (χ3v) is 2.83. The van der Waals surface area contributed by atoms with Gasteiger partial charge in [0.15, 0.2) is 0 Å². The van der Waals surface area contributed by atoms with Crippen LogP contribution in [0.3, 0.4) is 0 Å². The summed E-state index contributed by atoms with van der Waals surface area (Å²) in [4.78, 5) is 14.8. The van der Waals surface area contributed by atoms with E-state index < -0.39 is 5.97 Å². The van der Waals surface area contributed by atoms with Gasteiger partial charge in [-0.25, -0.2) is 4.79 Å². The first-order chi connectivity index (χ1) is 9.15. The Balaban J connectivity index is 0.00000200. The summed E-state index contributed by atoms with van der Waals surface area (Å²) in [5.41, 5.74) is 3.57. The largest absolute Gasteiger partial charge is 0.478 e. The average Bonchev–Trinajstić information content (AvgIpc) is 2.42. The number of hydrogen-bond donors (Lipinski definition) is 1. The lowest BCUT2D eigenvalue weighted by molar-refractivity contribution is -0.132. The van der Waals surface area contributed by atoms with Crippen molar-refractivity contribution in [2.75, 3.05) is 0 Å². The van der Waals surface area contributed by atoms with Gasteiger partial charge in [0, 0.05) is 18.0 Å². The molecule has 1 aromatic heterocycles. The van der Waals surface area contributed by atoms with Crippen LogP contribution >= 0.6 is 12.4 Å². The van der Waals surface area contributed by atoms with Gasteiger partial charge < -0.3 is 5.11 Å². The van der Waals surface area contributed by atoms with Crippen LogP contribution in [-0.2, 0) is 11.2 Å². The normalized spacial score (nSPS) is 10.8. The molecule has 0 aliphatic heterocycles. The number of rotatable bonds is 4. The summed E-state index contributed by atoms with van der Waals surface area (Å²) in [6, 6.07) is 11.8. The Kier molecular flexibility index (Phi) is 5.94. The second-order valence-corrected chi connectivity index (χ2v) is 4.41. The van der Waals surface area contributed by atoms with Crippen LogP contribution in [0.2, 0.25) is 0 Å².